The van der Waals surface area contributed by atoms with E-state index in [9.17, 15) is 4.79 Å². The van der Waals surface area contributed by atoms with Crippen LogP contribution in [0.15, 0.2) is 24.5 Å². The minimum Gasteiger partial charge on any atom is -0.381 e. The summed E-state index contributed by atoms with van der Waals surface area (Å²) < 4.78 is 5.33. The zero-order chi connectivity index (χ0) is 13.5. The van der Waals surface area contributed by atoms with E-state index in [1.165, 1.54) is 0 Å². The SMILES string of the molecule is CCN(Cc1ccncc1)C(=O)CC1CCOCC1. The predicted octanol–water partition coefficient (Wildman–Crippen LogP) is 2.25. The number of amides is 1. The van der Waals surface area contributed by atoms with Gasteiger partial charge in [-0.3, -0.25) is 9.78 Å². The largest absolute Gasteiger partial charge is 0.381 e. The molecule has 1 aliphatic heterocycles. The molecule has 1 aliphatic rings. The Bertz CT molecular complexity index is 388. The van der Waals surface area contributed by atoms with Crippen molar-refractivity contribution in [2.75, 3.05) is 19.8 Å². The standard InChI is InChI=1S/C15H22N2O2/c1-2-17(12-14-3-7-16-8-4-14)15(18)11-13-5-9-19-10-6-13/h3-4,7-8,13H,2,5-6,9-12H2,1H3. The molecule has 1 amide bonds. The summed E-state index contributed by atoms with van der Waals surface area (Å²) in [5.41, 5.74) is 1.14. The third-order valence-electron chi connectivity index (χ3n) is 3.66. The second kappa shape index (κ2) is 7.24. The first-order chi connectivity index (χ1) is 9.29. The lowest BCUT2D eigenvalue weighted by Crippen LogP contribution is -2.32. The van der Waals surface area contributed by atoms with E-state index in [0.717, 1.165) is 38.2 Å². The van der Waals surface area contributed by atoms with Crippen molar-refractivity contribution >= 4 is 5.91 Å². The smallest absolute Gasteiger partial charge is 0.223 e. The van der Waals surface area contributed by atoms with E-state index in [4.69, 9.17) is 4.74 Å². The van der Waals surface area contributed by atoms with Gasteiger partial charge in [0, 0.05) is 45.1 Å². The number of nitrogens with zero attached hydrogens (tertiary/aromatic N) is 2. The van der Waals surface area contributed by atoms with Crippen LogP contribution in [0.2, 0.25) is 0 Å². The van der Waals surface area contributed by atoms with Crippen molar-refractivity contribution in [1.29, 1.82) is 0 Å². The monoisotopic (exact) mass is 262 g/mol. The van der Waals surface area contributed by atoms with Crippen LogP contribution in [0, 0.1) is 5.92 Å². The molecule has 4 nitrogen and oxygen atoms in total. The van der Waals surface area contributed by atoms with Crippen LogP contribution in [0.1, 0.15) is 31.7 Å². The summed E-state index contributed by atoms with van der Waals surface area (Å²) in [4.78, 5) is 18.2. The molecule has 19 heavy (non-hydrogen) atoms. The molecule has 1 fully saturated rings. The molecule has 0 spiro atoms. The summed E-state index contributed by atoms with van der Waals surface area (Å²) in [6.07, 6.45) is 6.22. The fraction of sp³-hybridized carbons (Fsp3) is 0.600. The average molecular weight is 262 g/mol. The Balaban J connectivity index is 1.87. The number of rotatable bonds is 5. The first-order valence-electron chi connectivity index (χ1n) is 7.04. The van der Waals surface area contributed by atoms with Gasteiger partial charge < -0.3 is 9.64 Å². The molecule has 2 rings (SSSR count). The van der Waals surface area contributed by atoms with Gasteiger partial charge in [-0.25, -0.2) is 0 Å². The lowest BCUT2D eigenvalue weighted by Gasteiger charge is -2.26. The topological polar surface area (TPSA) is 42.4 Å². The van der Waals surface area contributed by atoms with Gasteiger partial charge in [0.05, 0.1) is 0 Å². The highest BCUT2D eigenvalue weighted by Crippen LogP contribution is 2.20. The molecule has 1 aromatic rings. The van der Waals surface area contributed by atoms with Gasteiger partial charge in [-0.1, -0.05) is 0 Å². The fourth-order valence-electron chi connectivity index (χ4n) is 2.41. The molecular formula is C15H22N2O2. The van der Waals surface area contributed by atoms with Gasteiger partial charge in [0.2, 0.25) is 5.91 Å². The molecule has 0 atom stereocenters. The van der Waals surface area contributed by atoms with Gasteiger partial charge in [-0.05, 0) is 43.4 Å². The first-order valence-corrected chi connectivity index (χ1v) is 7.04. The first kappa shape index (κ1) is 14.0. The lowest BCUT2D eigenvalue weighted by molar-refractivity contribution is -0.133. The number of hydrogen-bond acceptors (Lipinski definition) is 3. The highest BCUT2D eigenvalue weighted by Gasteiger charge is 2.20. The van der Waals surface area contributed by atoms with Crippen molar-refractivity contribution in [2.24, 2.45) is 5.92 Å². The van der Waals surface area contributed by atoms with Crippen molar-refractivity contribution in [1.82, 2.24) is 9.88 Å². The Hall–Kier alpha value is -1.42. The lowest BCUT2D eigenvalue weighted by atomic mass is 9.96. The Morgan fingerprint density at radius 3 is 2.68 bits per heavy atom. The van der Waals surface area contributed by atoms with Gasteiger partial charge >= 0.3 is 0 Å². The van der Waals surface area contributed by atoms with E-state index in [2.05, 4.69) is 4.98 Å². The Morgan fingerprint density at radius 1 is 1.37 bits per heavy atom. The molecule has 0 aromatic carbocycles. The number of carbonyl (C=O) groups is 1. The minimum absolute atomic E-state index is 0.256. The van der Waals surface area contributed by atoms with Crippen molar-refractivity contribution in [3.8, 4) is 0 Å². The maximum atomic E-state index is 12.3. The number of hydrogen-bond donors (Lipinski definition) is 0. The van der Waals surface area contributed by atoms with E-state index in [-0.39, 0.29) is 5.91 Å². The zero-order valence-corrected chi connectivity index (χ0v) is 11.5. The Morgan fingerprint density at radius 2 is 2.05 bits per heavy atom. The molecule has 0 bridgehead atoms. The zero-order valence-electron chi connectivity index (χ0n) is 11.5. The van der Waals surface area contributed by atoms with E-state index in [1.54, 1.807) is 12.4 Å². The number of ether oxygens (including phenoxy) is 1. The van der Waals surface area contributed by atoms with Crippen LogP contribution in [0.25, 0.3) is 0 Å². The summed E-state index contributed by atoms with van der Waals surface area (Å²) in [7, 11) is 0. The molecule has 2 heterocycles. The highest BCUT2D eigenvalue weighted by atomic mass is 16.5. The second-order valence-corrected chi connectivity index (χ2v) is 5.02. The van der Waals surface area contributed by atoms with Crippen LogP contribution in [0.3, 0.4) is 0 Å². The van der Waals surface area contributed by atoms with Crippen molar-refractivity contribution < 1.29 is 9.53 Å². The summed E-state index contributed by atoms with van der Waals surface area (Å²) in [6, 6.07) is 3.93. The number of aromatic nitrogens is 1. The highest BCUT2D eigenvalue weighted by molar-refractivity contribution is 5.76. The van der Waals surface area contributed by atoms with E-state index in [1.807, 2.05) is 24.0 Å². The van der Waals surface area contributed by atoms with Gasteiger partial charge in [0.1, 0.15) is 0 Å². The Labute approximate surface area is 114 Å². The second-order valence-electron chi connectivity index (χ2n) is 5.02. The molecule has 4 heteroatoms. The molecule has 0 radical (unpaired) electrons. The maximum absolute atomic E-state index is 12.3. The average Bonchev–Trinajstić information content (AvgIpc) is 2.47. The van der Waals surface area contributed by atoms with Crippen LogP contribution in [0.5, 0.6) is 0 Å². The van der Waals surface area contributed by atoms with Crippen LogP contribution in [0.4, 0.5) is 0 Å². The summed E-state index contributed by atoms with van der Waals surface area (Å²) in [6.45, 7) is 5.07. The van der Waals surface area contributed by atoms with Crippen molar-refractivity contribution in [2.45, 2.75) is 32.7 Å². The number of pyridine rings is 1. The van der Waals surface area contributed by atoms with E-state index < -0.39 is 0 Å². The van der Waals surface area contributed by atoms with Crippen LogP contribution >= 0.6 is 0 Å². The summed E-state index contributed by atoms with van der Waals surface area (Å²) in [5, 5.41) is 0. The van der Waals surface area contributed by atoms with Gasteiger partial charge in [0.25, 0.3) is 0 Å². The fourth-order valence-corrected chi connectivity index (χ4v) is 2.41. The normalized spacial score (nSPS) is 16.3. The molecule has 0 unspecified atom stereocenters. The van der Waals surface area contributed by atoms with Gasteiger partial charge in [-0.2, -0.15) is 0 Å². The predicted molar refractivity (Wildman–Crippen MR) is 73.5 cm³/mol. The summed E-state index contributed by atoms with van der Waals surface area (Å²) in [5.74, 6) is 0.749. The molecule has 1 aromatic heterocycles. The molecule has 0 aliphatic carbocycles. The van der Waals surface area contributed by atoms with Crippen LogP contribution in [-0.4, -0.2) is 35.5 Å². The molecule has 0 N–H and O–H groups in total. The van der Waals surface area contributed by atoms with Crippen LogP contribution in [-0.2, 0) is 16.1 Å². The third-order valence-corrected chi connectivity index (χ3v) is 3.66. The van der Waals surface area contributed by atoms with Crippen LogP contribution < -0.4 is 0 Å². The van der Waals surface area contributed by atoms with Gasteiger partial charge in [-0.15, -0.1) is 0 Å². The molecule has 1 saturated heterocycles. The number of carbonyl (C=O) groups excluding carboxylic acids is 1. The quantitative estimate of drug-likeness (QED) is 0.817. The molecular weight excluding hydrogens is 240 g/mol. The van der Waals surface area contributed by atoms with Gasteiger partial charge in [0.15, 0.2) is 0 Å². The molecule has 104 valence electrons. The van der Waals surface area contributed by atoms with Crippen molar-refractivity contribution in [3.63, 3.8) is 0 Å². The minimum atomic E-state index is 0.256. The van der Waals surface area contributed by atoms with Crippen molar-refractivity contribution in [3.05, 3.63) is 30.1 Å². The summed E-state index contributed by atoms with van der Waals surface area (Å²) >= 11 is 0. The van der Waals surface area contributed by atoms with E-state index in [0.29, 0.717) is 18.9 Å². The molecule has 0 saturated carbocycles. The maximum Gasteiger partial charge on any atom is 0.223 e. The van der Waals surface area contributed by atoms with E-state index >= 15 is 0 Å². The Kier molecular flexibility index (Phi) is 5.33. The third kappa shape index (κ3) is 4.31.